The van der Waals surface area contributed by atoms with Gasteiger partial charge in [0.1, 0.15) is 12.1 Å². The lowest BCUT2D eigenvalue weighted by molar-refractivity contribution is 0.201. The van der Waals surface area contributed by atoms with Crippen LogP contribution in [0.1, 0.15) is 64.4 Å². The Morgan fingerprint density at radius 1 is 1.14 bits per heavy atom. The summed E-state index contributed by atoms with van der Waals surface area (Å²) >= 11 is 0. The molecule has 0 radical (unpaired) electrons. The van der Waals surface area contributed by atoms with Gasteiger partial charge < -0.3 is 10.1 Å². The lowest BCUT2D eigenvalue weighted by atomic mass is 9.90. The van der Waals surface area contributed by atoms with Crippen molar-refractivity contribution >= 4 is 5.82 Å². The van der Waals surface area contributed by atoms with Gasteiger partial charge in [0.25, 0.3) is 0 Å². The normalized spacial score (nSPS) is 15.9. The highest BCUT2D eigenvalue weighted by Gasteiger charge is 2.17. The molecule has 0 aromatic carbocycles. The number of anilines is 1. The molecular formula is C17H29N3O. The predicted octanol–water partition coefficient (Wildman–Crippen LogP) is 4.21. The first-order chi connectivity index (χ1) is 10.3. The summed E-state index contributed by atoms with van der Waals surface area (Å²) in [5.74, 6) is 2.44. The van der Waals surface area contributed by atoms with Gasteiger partial charge in [-0.25, -0.2) is 9.97 Å². The van der Waals surface area contributed by atoms with Gasteiger partial charge in [-0.2, -0.15) is 0 Å². The highest BCUT2D eigenvalue weighted by atomic mass is 16.5. The maximum atomic E-state index is 6.06. The van der Waals surface area contributed by atoms with E-state index in [1.54, 1.807) is 6.33 Å². The van der Waals surface area contributed by atoms with Crippen LogP contribution < -0.4 is 10.1 Å². The van der Waals surface area contributed by atoms with Crippen LogP contribution in [0, 0.1) is 5.92 Å². The zero-order valence-electron chi connectivity index (χ0n) is 13.5. The van der Waals surface area contributed by atoms with Crippen LogP contribution in [-0.2, 0) is 6.42 Å². The van der Waals surface area contributed by atoms with Crippen LogP contribution in [0.3, 0.4) is 0 Å². The number of nitrogens with one attached hydrogen (secondary N) is 1. The molecule has 1 aromatic rings. The summed E-state index contributed by atoms with van der Waals surface area (Å²) < 4.78 is 6.06. The Kier molecular flexibility index (Phi) is 6.77. The minimum absolute atomic E-state index is 0.704. The molecule has 1 aromatic heterocycles. The maximum absolute atomic E-state index is 6.06. The van der Waals surface area contributed by atoms with Gasteiger partial charge in [-0.3, -0.25) is 0 Å². The number of ether oxygens (including phenoxy) is 1. The van der Waals surface area contributed by atoms with E-state index in [-0.39, 0.29) is 0 Å². The fraction of sp³-hybridized carbons (Fsp3) is 0.765. The van der Waals surface area contributed by atoms with E-state index in [0.29, 0.717) is 5.92 Å². The molecule has 0 aliphatic heterocycles. The van der Waals surface area contributed by atoms with E-state index < -0.39 is 0 Å². The number of aromatic nitrogens is 2. The zero-order chi connectivity index (χ0) is 14.9. The average Bonchev–Trinajstić information content (AvgIpc) is 2.53. The Morgan fingerprint density at radius 3 is 2.67 bits per heavy atom. The molecular weight excluding hydrogens is 262 g/mol. The van der Waals surface area contributed by atoms with E-state index in [2.05, 4.69) is 29.1 Å². The molecule has 0 saturated heterocycles. The topological polar surface area (TPSA) is 47.0 Å². The van der Waals surface area contributed by atoms with Crippen LogP contribution in [0.15, 0.2) is 6.33 Å². The third-order valence-electron chi connectivity index (χ3n) is 4.13. The number of hydrogen-bond acceptors (Lipinski definition) is 4. The third kappa shape index (κ3) is 4.87. The third-order valence-corrected chi connectivity index (χ3v) is 4.13. The fourth-order valence-electron chi connectivity index (χ4n) is 2.94. The van der Waals surface area contributed by atoms with Crippen molar-refractivity contribution in [3.8, 4) is 5.88 Å². The van der Waals surface area contributed by atoms with E-state index in [9.17, 15) is 0 Å². The highest BCUT2D eigenvalue weighted by molar-refractivity contribution is 5.48. The quantitative estimate of drug-likeness (QED) is 0.779. The van der Waals surface area contributed by atoms with Crippen molar-refractivity contribution in [2.45, 2.75) is 65.2 Å². The molecule has 0 bridgehead atoms. The van der Waals surface area contributed by atoms with Gasteiger partial charge in [-0.05, 0) is 31.6 Å². The molecule has 0 unspecified atom stereocenters. The summed E-state index contributed by atoms with van der Waals surface area (Å²) in [7, 11) is 0. The second kappa shape index (κ2) is 8.85. The Balaban J connectivity index is 2.02. The Bertz CT molecular complexity index is 416. The molecule has 4 heteroatoms. The number of rotatable bonds is 8. The molecule has 0 amide bonds. The fourth-order valence-corrected chi connectivity index (χ4v) is 2.94. The molecule has 1 aliphatic carbocycles. The van der Waals surface area contributed by atoms with Crippen molar-refractivity contribution in [3.63, 3.8) is 0 Å². The summed E-state index contributed by atoms with van der Waals surface area (Å²) in [6, 6.07) is 0. The molecule has 1 saturated carbocycles. The monoisotopic (exact) mass is 291 g/mol. The Hall–Kier alpha value is -1.32. The molecule has 0 spiro atoms. The Labute approximate surface area is 128 Å². The lowest BCUT2D eigenvalue weighted by Crippen LogP contribution is -2.17. The van der Waals surface area contributed by atoms with Crippen molar-refractivity contribution in [2.24, 2.45) is 5.92 Å². The SMILES string of the molecule is CCCNc1ncnc(OCC2CCCCC2)c1CCC. The second-order valence-corrected chi connectivity index (χ2v) is 6.00. The van der Waals surface area contributed by atoms with Crippen LogP contribution in [-0.4, -0.2) is 23.1 Å². The summed E-state index contributed by atoms with van der Waals surface area (Å²) in [6.45, 7) is 6.09. The van der Waals surface area contributed by atoms with E-state index in [0.717, 1.165) is 49.7 Å². The van der Waals surface area contributed by atoms with Gasteiger partial charge in [0.05, 0.1) is 12.2 Å². The van der Waals surface area contributed by atoms with E-state index in [1.807, 2.05) is 0 Å². The van der Waals surface area contributed by atoms with Crippen LogP contribution in [0.4, 0.5) is 5.82 Å². The molecule has 2 rings (SSSR count). The molecule has 1 fully saturated rings. The molecule has 1 N–H and O–H groups in total. The van der Waals surface area contributed by atoms with Crippen LogP contribution in [0.25, 0.3) is 0 Å². The van der Waals surface area contributed by atoms with Crippen LogP contribution in [0.2, 0.25) is 0 Å². The summed E-state index contributed by atoms with van der Waals surface area (Å²) in [5, 5.41) is 3.39. The van der Waals surface area contributed by atoms with Crippen molar-refractivity contribution in [1.29, 1.82) is 0 Å². The smallest absolute Gasteiger partial charge is 0.221 e. The van der Waals surface area contributed by atoms with Gasteiger partial charge in [0.2, 0.25) is 5.88 Å². The van der Waals surface area contributed by atoms with Crippen molar-refractivity contribution < 1.29 is 4.74 Å². The minimum atomic E-state index is 0.704. The van der Waals surface area contributed by atoms with Crippen molar-refractivity contribution in [2.75, 3.05) is 18.5 Å². The van der Waals surface area contributed by atoms with Crippen molar-refractivity contribution in [3.05, 3.63) is 11.9 Å². The van der Waals surface area contributed by atoms with Gasteiger partial charge in [0.15, 0.2) is 0 Å². The summed E-state index contributed by atoms with van der Waals surface area (Å²) in [4.78, 5) is 8.77. The predicted molar refractivity (Wildman–Crippen MR) is 86.9 cm³/mol. The molecule has 21 heavy (non-hydrogen) atoms. The van der Waals surface area contributed by atoms with Crippen molar-refractivity contribution in [1.82, 2.24) is 9.97 Å². The Morgan fingerprint density at radius 2 is 1.95 bits per heavy atom. The van der Waals surface area contributed by atoms with E-state index in [4.69, 9.17) is 4.74 Å². The molecule has 118 valence electrons. The number of nitrogens with zero attached hydrogens (tertiary/aromatic N) is 2. The van der Waals surface area contributed by atoms with Gasteiger partial charge >= 0.3 is 0 Å². The zero-order valence-corrected chi connectivity index (χ0v) is 13.5. The first-order valence-corrected chi connectivity index (χ1v) is 8.55. The molecule has 1 heterocycles. The standard InChI is InChI=1S/C17H29N3O/c1-3-8-15-16(18-11-4-2)19-13-20-17(15)21-12-14-9-6-5-7-10-14/h13-14H,3-12H2,1-2H3,(H,18,19,20). The molecule has 4 nitrogen and oxygen atoms in total. The maximum Gasteiger partial charge on any atom is 0.221 e. The minimum Gasteiger partial charge on any atom is -0.477 e. The lowest BCUT2D eigenvalue weighted by Gasteiger charge is -2.22. The largest absolute Gasteiger partial charge is 0.477 e. The highest BCUT2D eigenvalue weighted by Crippen LogP contribution is 2.27. The summed E-state index contributed by atoms with van der Waals surface area (Å²) in [6.07, 6.45) is 11.4. The van der Waals surface area contributed by atoms with Crippen LogP contribution >= 0.6 is 0 Å². The first kappa shape index (κ1) is 16.1. The van der Waals surface area contributed by atoms with Gasteiger partial charge in [-0.15, -0.1) is 0 Å². The second-order valence-electron chi connectivity index (χ2n) is 6.00. The average molecular weight is 291 g/mol. The van der Waals surface area contributed by atoms with E-state index in [1.165, 1.54) is 32.1 Å². The molecule has 0 atom stereocenters. The summed E-state index contributed by atoms with van der Waals surface area (Å²) in [5.41, 5.74) is 1.14. The molecule has 1 aliphatic rings. The van der Waals surface area contributed by atoms with Crippen LogP contribution in [0.5, 0.6) is 5.88 Å². The van der Waals surface area contributed by atoms with Gasteiger partial charge in [-0.1, -0.05) is 39.5 Å². The first-order valence-electron chi connectivity index (χ1n) is 8.55. The number of hydrogen-bond donors (Lipinski definition) is 1. The van der Waals surface area contributed by atoms with Gasteiger partial charge in [0, 0.05) is 6.54 Å². The van der Waals surface area contributed by atoms with E-state index >= 15 is 0 Å².